The van der Waals surface area contributed by atoms with Crippen LogP contribution < -0.4 is 0 Å². The van der Waals surface area contributed by atoms with Crippen LogP contribution in [0.25, 0.3) is 0 Å². The second-order valence-corrected chi connectivity index (χ2v) is 6.70. The number of nitrogens with zero attached hydrogens (tertiary/aromatic N) is 3. The highest BCUT2D eigenvalue weighted by Crippen LogP contribution is 2.26. The second kappa shape index (κ2) is 8.76. The Labute approximate surface area is 153 Å². The quantitative estimate of drug-likeness (QED) is 0.773. The molecule has 2 heterocycles. The number of aliphatic hydroxyl groups is 1. The highest BCUT2D eigenvalue weighted by molar-refractivity contribution is 5.97. The molecule has 6 nitrogen and oxygen atoms in total. The molecule has 1 aromatic heterocycles. The van der Waals surface area contributed by atoms with Gasteiger partial charge in [0.2, 0.25) is 5.91 Å². The van der Waals surface area contributed by atoms with Crippen LogP contribution in [0.5, 0.6) is 0 Å². The van der Waals surface area contributed by atoms with Crippen molar-refractivity contribution in [1.82, 2.24) is 14.7 Å². The molecular weight excluding hydrogens is 330 g/mol. The number of aliphatic hydroxyl groups excluding tert-OH is 1. The monoisotopic (exact) mass is 355 g/mol. The number of carbonyl (C=O) groups is 2. The zero-order valence-electron chi connectivity index (χ0n) is 14.9. The molecule has 3 rings (SSSR count). The Balaban J connectivity index is 1.53. The van der Waals surface area contributed by atoms with Gasteiger partial charge in [-0.25, -0.2) is 0 Å². The van der Waals surface area contributed by atoms with Crippen molar-refractivity contribution in [2.75, 3.05) is 19.7 Å². The molecule has 0 bridgehead atoms. The molecule has 1 aromatic carbocycles. The molecule has 138 valence electrons. The van der Waals surface area contributed by atoms with Crippen molar-refractivity contribution in [3.8, 4) is 0 Å². The number of rotatable bonds is 7. The molecule has 1 atom stereocenters. The van der Waals surface area contributed by atoms with Crippen molar-refractivity contribution in [2.45, 2.75) is 38.1 Å². The van der Waals surface area contributed by atoms with Crippen LogP contribution in [0.2, 0.25) is 0 Å². The summed E-state index contributed by atoms with van der Waals surface area (Å²) in [6.45, 7) is 1.93. The molecule has 1 N–H and O–H groups in total. The number of aromatic nitrogens is 2. The van der Waals surface area contributed by atoms with Crippen LogP contribution in [0, 0.1) is 0 Å². The molecule has 1 aliphatic heterocycles. The minimum absolute atomic E-state index is 0.00950. The maximum absolute atomic E-state index is 12.5. The molecule has 1 fully saturated rings. The molecule has 0 saturated carbocycles. The number of carbonyl (C=O) groups excluding carboxylic acids is 2. The first kappa shape index (κ1) is 18.3. The molecule has 26 heavy (non-hydrogen) atoms. The Bertz CT molecular complexity index is 742. The Morgan fingerprint density at radius 2 is 1.96 bits per heavy atom. The summed E-state index contributed by atoms with van der Waals surface area (Å²) in [5.41, 5.74) is 1.63. The molecule has 0 spiro atoms. The largest absolute Gasteiger partial charge is 0.394 e. The van der Waals surface area contributed by atoms with Gasteiger partial charge in [0, 0.05) is 43.6 Å². The number of Topliss-reactive ketones (excluding diaryl/α,β-unsaturated/α-hetero) is 1. The van der Waals surface area contributed by atoms with Gasteiger partial charge in [0.15, 0.2) is 5.78 Å². The molecule has 1 aliphatic rings. The van der Waals surface area contributed by atoms with E-state index in [4.69, 9.17) is 5.11 Å². The Morgan fingerprint density at radius 1 is 1.15 bits per heavy atom. The van der Waals surface area contributed by atoms with E-state index in [1.165, 1.54) is 0 Å². The van der Waals surface area contributed by atoms with E-state index < -0.39 is 0 Å². The summed E-state index contributed by atoms with van der Waals surface area (Å²) in [6, 6.07) is 11.1. The van der Waals surface area contributed by atoms with Gasteiger partial charge in [-0.05, 0) is 18.9 Å². The predicted octanol–water partition coefficient (Wildman–Crippen LogP) is 2.24. The number of hydrogen-bond acceptors (Lipinski definition) is 4. The number of benzene rings is 1. The van der Waals surface area contributed by atoms with Gasteiger partial charge in [0.05, 0.1) is 18.8 Å². The van der Waals surface area contributed by atoms with Crippen molar-refractivity contribution in [1.29, 1.82) is 0 Å². The Kier molecular flexibility index (Phi) is 6.17. The molecule has 1 amide bonds. The predicted molar refractivity (Wildman–Crippen MR) is 97.9 cm³/mol. The van der Waals surface area contributed by atoms with E-state index in [1.807, 2.05) is 35.4 Å². The van der Waals surface area contributed by atoms with E-state index >= 15 is 0 Å². The third-order valence-electron chi connectivity index (χ3n) is 4.84. The van der Waals surface area contributed by atoms with E-state index in [2.05, 4.69) is 5.10 Å². The van der Waals surface area contributed by atoms with Crippen molar-refractivity contribution >= 4 is 11.7 Å². The van der Waals surface area contributed by atoms with Gasteiger partial charge in [-0.2, -0.15) is 5.10 Å². The lowest BCUT2D eigenvalue weighted by molar-refractivity contribution is -0.132. The molecule has 0 radical (unpaired) electrons. The Hall–Kier alpha value is -2.47. The summed E-state index contributed by atoms with van der Waals surface area (Å²) in [6.07, 6.45) is 4.30. The van der Waals surface area contributed by atoms with Crippen LogP contribution in [0.4, 0.5) is 0 Å². The number of ketones is 1. The van der Waals surface area contributed by atoms with Crippen LogP contribution in [-0.4, -0.2) is 51.2 Å². The van der Waals surface area contributed by atoms with Crippen molar-refractivity contribution in [2.24, 2.45) is 0 Å². The van der Waals surface area contributed by atoms with Gasteiger partial charge >= 0.3 is 0 Å². The lowest BCUT2D eigenvalue weighted by Crippen LogP contribution is -2.39. The summed E-state index contributed by atoms with van der Waals surface area (Å²) < 4.78 is 1.73. The lowest BCUT2D eigenvalue weighted by atomic mass is 9.94. The average Bonchev–Trinajstić information content (AvgIpc) is 3.15. The molecule has 1 unspecified atom stereocenters. The van der Waals surface area contributed by atoms with E-state index in [-0.39, 0.29) is 37.1 Å². The zero-order chi connectivity index (χ0) is 18.4. The van der Waals surface area contributed by atoms with Gasteiger partial charge in [-0.15, -0.1) is 0 Å². The fourth-order valence-corrected chi connectivity index (χ4v) is 3.41. The van der Waals surface area contributed by atoms with E-state index in [0.717, 1.165) is 25.1 Å². The van der Waals surface area contributed by atoms with Crippen LogP contribution in [-0.2, 0) is 11.3 Å². The van der Waals surface area contributed by atoms with Crippen LogP contribution >= 0.6 is 0 Å². The third kappa shape index (κ3) is 4.58. The minimum Gasteiger partial charge on any atom is -0.394 e. The highest BCUT2D eigenvalue weighted by Gasteiger charge is 2.26. The van der Waals surface area contributed by atoms with Gasteiger partial charge in [-0.3, -0.25) is 14.3 Å². The third-order valence-corrected chi connectivity index (χ3v) is 4.84. The number of likely N-dealkylation sites (tertiary alicyclic amines) is 1. The number of hydrogen-bond donors (Lipinski definition) is 1. The summed E-state index contributed by atoms with van der Waals surface area (Å²) in [5, 5.41) is 13.5. The molecule has 0 aliphatic carbocycles. The first-order valence-corrected chi connectivity index (χ1v) is 9.17. The molecule has 1 saturated heterocycles. The minimum atomic E-state index is 0.00950. The van der Waals surface area contributed by atoms with E-state index in [9.17, 15) is 9.59 Å². The van der Waals surface area contributed by atoms with Crippen LogP contribution in [0.1, 0.15) is 47.7 Å². The molecule has 2 aromatic rings. The first-order chi connectivity index (χ1) is 12.7. The normalized spacial score (nSPS) is 17.3. The van der Waals surface area contributed by atoms with Gasteiger partial charge in [-0.1, -0.05) is 30.3 Å². The van der Waals surface area contributed by atoms with Crippen molar-refractivity contribution in [3.63, 3.8) is 0 Å². The first-order valence-electron chi connectivity index (χ1n) is 9.17. The van der Waals surface area contributed by atoms with Gasteiger partial charge in [0.1, 0.15) is 0 Å². The summed E-state index contributed by atoms with van der Waals surface area (Å²) >= 11 is 0. The number of amides is 1. The SMILES string of the molecule is O=C(CCC(=O)N1CCCC(c2ccn(CCO)n2)C1)c1ccccc1. The maximum Gasteiger partial charge on any atom is 0.223 e. The van der Waals surface area contributed by atoms with Gasteiger partial charge in [0.25, 0.3) is 0 Å². The van der Waals surface area contributed by atoms with Crippen molar-refractivity contribution in [3.05, 3.63) is 53.9 Å². The van der Waals surface area contributed by atoms with E-state index in [1.54, 1.807) is 16.8 Å². The molecule has 6 heteroatoms. The van der Waals surface area contributed by atoms with Crippen LogP contribution in [0.3, 0.4) is 0 Å². The number of piperidine rings is 1. The summed E-state index contributed by atoms with van der Waals surface area (Å²) in [5.74, 6) is 0.265. The van der Waals surface area contributed by atoms with Gasteiger partial charge < -0.3 is 10.0 Å². The van der Waals surface area contributed by atoms with Crippen LogP contribution in [0.15, 0.2) is 42.6 Å². The smallest absolute Gasteiger partial charge is 0.223 e. The molecular formula is C20H25N3O3. The van der Waals surface area contributed by atoms with Crippen molar-refractivity contribution < 1.29 is 14.7 Å². The highest BCUT2D eigenvalue weighted by atomic mass is 16.3. The fraction of sp³-hybridized carbons (Fsp3) is 0.450. The standard InChI is InChI=1S/C20H25N3O3/c24-14-13-23-12-10-18(21-23)17-7-4-11-22(15-17)20(26)9-8-19(25)16-5-2-1-3-6-16/h1-3,5-6,10,12,17,24H,4,7-9,11,13-15H2. The fourth-order valence-electron chi connectivity index (χ4n) is 3.41. The maximum atomic E-state index is 12.5. The summed E-state index contributed by atoms with van der Waals surface area (Å²) in [4.78, 5) is 26.6. The topological polar surface area (TPSA) is 75.4 Å². The second-order valence-electron chi connectivity index (χ2n) is 6.70. The van der Waals surface area contributed by atoms with E-state index in [0.29, 0.717) is 18.7 Å². The Morgan fingerprint density at radius 3 is 2.73 bits per heavy atom. The zero-order valence-corrected chi connectivity index (χ0v) is 14.9. The summed E-state index contributed by atoms with van der Waals surface area (Å²) in [7, 11) is 0. The average molecular weight is 355 g/mol. The lowest BCUT2D eigenvalue weighted by Gasteiger charge is -2.32.